The molecule has 0 spiro atoms. The molecule has 23 heavy (non-hydrogen) atoms. The third kappa shape index (κ3) is 8.35. The van der Waals surface area contributed by atoms with Gasteiger partial charge in [0.2, 0.25) is 0 Å². The van der Waals surface area contributed by atoms with Gasteiger partial charge in [-0.05, 0) is 37.4 Å². The Labute approximate surface area is 153 Å². The van der Waals surface area contributed by atoms with Crippen LogP contribution in [0.1, 0.15) is 19.8 Å². The first-order chi connectivity index (χ1) is 10.8. The minimum Gasteiger partial charge on any atom is -0.394 e. The molecular weight excluding hydrogens is 389 g/mol. The summed E-state index contributed by atoms with van der Waals surface area (Å²) in [7, 11) is -1.65. The van der Waals surface area contributed by atoms with E-state index >= 15 is 0 Å². The normalized spacial score (nSPS) is 13.6. The largest absolute Gasteiger partial charge is 0.563 e. The smallest absolute Gasteiger partial charge is 0.394 e. The summed E-state index contributed by atoms with van der Waals surface area (Å²) < 4.78 is 35.1. The number of hydrogen-bond acceptors (Lipinski definition) is 8. The van der Waals surface area contributed by atoms with Gasteiger partial charge in [0, 0.05) is 34.5 Å². The van der Waals surface area contributed by atoms with Gasteiger partial charge < -0.3 is 25.9 Å². The van der Waals surface area contributed by atoms with Crippen LogP contribution in [0.2, 0.25) is 19.1 Å². The molecule has 140 valence electrons. The van der Waals surface area contributed by atoms with Crippen LogP contribution in [0, 0.1) is 0 Å². The quantitative estimate of drug-likeness (QED) is 0.342. The first-order valence-corrected chi connectivity index (χ1v) is 16.5. The van der Waals surface area contributed by atoms with Gasteiger partial charge in [0.25, 0.3) is 0 Å². The van der Waals surface area contributed by atoms with Crippen LogP contribution in [-0.4, -0.2) is 65.3 Å². The van der Waals surface area contributed by atoms with E-state index in [-0.39, 0.29) is 0 Å². The van der Waals surface area contributed by atoms with Crippen molar-refractivity contribution in [2.75, 3.05) is 39.9 Å². The van der Waals surface area contributed by atoms with E-state index in [9.17, 15) is 0 Å². The van der Waals surface area contributed by atoms with E-state index in [4.69, 9.17) is 25.9 Å². The lowest BCUT2D eigenvalue weighted by atomic mass is 10.6. The predicted octanol–water partition coefficient (Wildman–Crippen LogP) is 3.14. The third-order valence-electron chi connectivity index (χ3n) is 3.02. The fourth-order valence-corrected chi connectivity index (χ4v) is 16.8. The Bertz CT molecular complexity index is 289. The van der Waals surface area contributed by atoms with E-state index in [0.29, 0.717) is 6.04 Å². The van der Waals surface area contributed by atoms with Crippen LogP contribution in [0.3, 0.4) is 0 Å². The third-order valence-corrected chi connectivity index (χ3v) is 17.1. The van der Waals surface area contributed by atoms with Gasteiger partial charge in [-0.15, -0.1) is 0 Å². The summed E-state index contributed by atoms with van der Waals surface area (Å²) in [6.45, 7) is 6.06. The highest BCUT2D eigenvalue weighted by Gasteiger charge is 2.52. The van der Waals surface area contributed by atoms with Crippen molar-refractivity contribution in [1.29, 1.82) is 0 Å². The minimum absolute atomic E-state index is 0.708. The van der Waals surface area contributed by atoms with Crippen LogP contribution < -0.4 is 0 Å². The van der Waals surface area contributed by atoms with E-state index in [2.05, 4.69) is 19.6 Å². The minimum atomic E-state index is -2.81. The lowest BCUT2D eigenvalue weighted by Gasteiger charge is -2.38. The standard InChI is InChI=1S/C12H32O6S2Si3/c1-8-11-20-23(15-4,16-5)18-21(6,7)17-22(13-2,14-3)12-9-10-19/h19H,8-12H2,1-7H3. The molecule has 0 aliphatic heterocycles. The van der Waals surface area contributed by atoms with Gasteiger partial charge in [-0.1, -0.05) is 18.1 Å². The molecule has 0 aliphatic carbocycles. The molecule has 0 bridgehead atoms. The predicted molar refractivity (Wildman–Crippen MR) is 105 cm³/mol. The molecule has 0 amide bonds. The Kier molecular flexibility index (Phi) is 12.2. The zero-order valence-electron chi connectivity index (χ0n) is 15.3. The summed E-state index contributed by atoms with van der Waals surface area (Å²) in [5, 5.41) is 0. The average Bonchev–Trinajstić information content (AvgIpc) is 2.55. The van der Waals surface area contributed by atoms with Crippen molar-refractivity contribution < 1.29 is 25.9 Å². The Balaban J connectivity index is 5.11. The second-order valence-corrected chi connectivity index (χ2v) is 17.7. The van der Waals surface area contributed by atoms with Crippen molar-refractivity contribution in [2.24, 2.45) is 0 Å². The number of thiol groups is 1. The fraction of sp³-hybridized carbons (Fsp3) is 1.00. The van der Waals surface area contributed by atoms with E-state index < -0.39 is 25.3 Å². The zero-order chi connectivity index (χ0) is 18.0. The summed E-state index contributed by atoms with van der Waals surface area (Å²) in [5.41, 5.74) is 0. The molecule has 6 nitrogen and oxygen atoms in total. The molecule has 0 aromatic carbocycles. The van der Waals surface area contributed by atoms with Crippen LogP contribution in [0.25, 0.3) is 0 Å². The van der Waals surface area contributed by atoms with Crippen LogP contribution >= 0.6 is 23.8 Å². The van der Waals surface area contributed by atoms with E-state index in [1.165, 1.54) is 0 Å². The van der Waals surface area contributed by atoms with Crippen molar-refractivity contribution in [1.82, 2.24) is 0 Å². The molecular formula is C12H32O6S2Si3. The number of rotatable bonds is 14. The molecule has 0 radical (unpaired) electrons. The van der Waals surface area contributed by atoms with Crippen molar-refractivity contribution in [3.8, 4) is 0 Å². The van der Waals surface area contributed by atoms with Crippen molar-refractivity contribution in [2.45, 2.75) is 38.9 Å². The van der Waals surface area contributed by atoms with Crippen LogP contribution in [-0.2, 0) is 25.9 Å². The highest BCUT2D eigenvalue weighted by Crippen LogP contribution is 2.31. The van der Waals surface area contributed by atoms with E-state index in [1.807, 2.05) is 13.1 Å². The highest BCUT2D eigenvalue weighted by atomic mass is 32.4. The maximum Gasteiger partial charge on any atom is 0.563 e. The molecule has 0 saturated heterocycles. The molecule has 0 aromatic heterocycles. The maximum atomic E-state index is 6.30. The van der Waals surface area contributed by atoms with Crippen molar-refractivity contribution >= 4 is 49.2 Å². The second kappa shape index (κ2) is 11.7. The topological polar surface area (TPSA) is 55.4 Å². The lowest BCUT2D eigenvalue weighted by Crippen LogP contribution is -2.58. The molecule has 0 unspecified atom stereocenters. The summed E-state index contributed by atoms with van der Waals surface area (Å²) in [5.74, 6) is 1.67. The van der Waals surface area contributed by atoms with Gasteiger partial charge in [0.1, 0.15) is 0 Å². The first kappa shape index (κ1) is 24.1. The number of hydrogen-bond donors (Lipinski definition) is 1. The zero-order valence-corrected chi connectivity index (χ0v) is 20.1. The fourth-order valence-electron chi connectivity index (χ4n) is 1.95. The Morgan fingerprint density at radius 1 is 0.913 bits per heavy atom. The Morgan fingerprint density at radius 3 is 1.87 bits per heavy atom. The van der Waals surface area contributed by atoms with Gasteiger partial charge in [0.05, 0.1) is 0 Å². The first-order valence-electron chi connectivity index (χ1n) is 7.64. The van der Waals surface area contributed by atoms with Gasteiger partial charge in [-0.25, -0.2) is 0 Å². The van der Waals surface area contributed by atoms with Crippen molar-refractivity contribution in [3.63, 3.8) is 0 Å². The molecule has 0 aromatic rings. The van der Waals surface area contributed by atoms with Crippen LogP contribution in [0.4, 0.5) is 0 Å². The maximum absolute atomic E-state index is 6.30. The van der Waals surface area contributed by atoms with E-state index in [1.54, 1.807) is 39.7 Å². The van der Waals surface area contributed by atoms with Gasteiger partial charge in [-0.2, -0.15) is 12.6 Å². The summed E-state index contributed by atoms with van der Waals surface area (Å²) >= 11 is 5.86. The van der Waals surface area contributed by atoms with Gasteiger partial charge in [0.15, 0.2) is 0 Å². The molecule has 0 atom stereocenters. The van der Waals surface area contributed by atoms with Crippen LogP contribution in [0.15, 0.2) is 0 Å². The second-order valence-electron chi connectivity index (χ2n) is 5.28. The Hall–Kier alpha value is 1.11. The molecule has 0 saturated carbocycles. The van der Waals surface area contributed by atoms with Crippen LogP contribution in [0.5, 0.6) is 0 Å². The molecule has 0 aliphatic rings. The monoisotopic (exact) mass is 420 g/mol. The summed E-state index contributed by atoms with van der Waals surface area (Å²) in [6.07, 6.45) is 1.89. The Morgan fingerprint density at radius 2 is 1.48 bits per heavy atom. The highest BCUT2D eigenvalue weighted by molar-refractivity contribution is 8.26. The molecule has 0 heterocycles. The van der Waals surface area contributed by atoms with Crippen molar-refractivity contribution in [3.05, 3.63) is 0 Å². The SMILES string of the molecule is CCCS[Si](OC)(OC)O[Si](C)(C)O[Si](CCCS)(OC)OC. The molecule has 0 N–H and O–H groups in total. The average molecular weight is 421 g/mol. The molecule has 0 rings (SSSR count). The molecule has 0 fully saturated rings. The van der Waals surface area contributed by atoms with E-state index in [0.717, 1.165) is 24.3 Å². The van der Waals surface area contributed by atoms with Gasteiger partial charge >= 0.3 is 25.3 Å². The van der Waals surface area contributed by atoms with Gasteiger partial charge in [-0.3, -0.25) is 0 Å². The molecule has 11 heteroatoms. The lowest BCUT2D eigenvalue weighted by molar-refractivity contribution is 0.127. The summed E-state index contributed by atoms with van der Waals surface area (Å²) in [6, 6.07) is 0.708. The summed E-state index contributed by atoms with van der Waals surface area (Å²) in [4.78, 5) is 0.